The third-order valence-electron chi connectivity index (χ3n) is 4.80. The number of fused-ring (bicyclic) bond motifs is 1. The second-order valence-electron chi connectivity index (χ2n) is 6.80. The molecular formula is C19H24N6S. The van der Waals surface area contributed by atoms with E-state index in [-0.39, 0.29) is 0 Å². The van der Waals surface area contributed by atoms with Crippen molar-refractivity contribution in [3.63, 3.8) is 0 Å². The van der Waals surface area contributed by atoms with Gasteiger partial charge in [-0.25, -0.2) is 19.9 Å². The van der Waals surface area contributed by atoms with E-state index in [2.05, 4.69) is 49.6 Å². The lowest BCUT2D eigenvalue weighted by molar-refractivity contribution is 0.522. The molecule has 0 aromatic carbocycles. The van der Waals surface area contributed by atoms with Crippen molar-refractivity contribution in [3.8, 4) is 0 Å². The second-order valence-corrected chi connectivity index (χ2v) is 7.70. The quantitative estimate of drug-likeness (QED) is 0.757. The number of nitrogens with zero attached hydrogens (tertiary/aromatic N) is 5. The molecule has 4 rings (SSSR count). The Balaban J connectivity index is 1.46. The van der Waals surface area contributed by atoms with Crippen LogP contribution in [0.5, 0.6) is 0 Å². The van der Waals surface area contributed by atoms with Crippen molar-refractivity contribution in [2.24, 2.45) is 0 Å². The Labute approximate surface area is 157 Å². The smallest absolute Gasteiger partial charge is 0.138 e. The predicted octanol–water partition coefficient (Wildman–Crippen LogP) is 3.74. The summed E-state index contributed by atoms with van der Waals surface area (Å²) in [6.07, 6.45) is 2.99. The van der Waals surface area contributed by atoms with Crippen LogP contribution >= 0.6 is 11.3 Å². The van der Waals surface area contributed by atoms with E-state index in [9.17, 15) is 0 Å². The van der Waals surface area contributed by atoms with Gasteiger partial charge in [0.25, 0.3) is 0 Å². The van der Waals surface area contributed by atoms with Crippen LogP contribution in [0.1, 0.15) is 37.1 Å². The highest BCUT2D eigenvalue weighted by Crippen LogP contribution is 2.27. The van der Waals surface area contributed by atoms with E-state index in [1.54, 1.807) is 11.3 Å². The second kappa shape index (κ2) is 7.15. The van der Waals surface area contributed by atoms with E-state index < -0.39 is 0 Å². The van der Waals surface area contributed by atoms with Crippen LogP contribution < -0.4 is 10.2 Å². The van der Waals surface area contributed by atoms with Gasteiger partial charge in [-0.2, -0.15) is 0 Å². The molecule has 0 saturated carbocycles. The monoisotopic (exact) mass is 368 g/mol. The summed E-state index contributed by atoms with van der Waals surface area (Å²) in [4.78, 5) is 21.8. The van der Waals surface area contributed by atoms with Gasteiger partial charge in [-0.05, 0) is 38.1 Å². The number of hydrogen-bond acceptors (Lipinski definition) is 7. The summed E-state index contributed by atoms with van der Waals surface area (Å²) in [5.41, 5.74) is 1.03. The average molecular weight is 369 g/mol. The maximum atomic E-state index is 4.74. The van der Waals surface area contributed by atoms with Gasteiger partial charge >= 0.3 is 0 Å². The van der Waals surface area contributed by atoms with Crippen molar-refractivity contribution >= 4 is 33.2 Å². The Morgan fingerprint density at radius 1 is 1.15 bits per heavy atom. The van der Waals surface area contributed by atoms with Crippen molar-refractivity contribution < 1.29 is 0 Å². The maximum Gasteiger partial charge on any atom is 0.138 e. The molecule has 0 unspecified atom stereocenters. The molecule has 4 heterocycles. The first-order valence-corrected chi connectivity index (χ1v) is 10.1. The Morgan fingerprint density at radius 2 is 1.96 bits per heavy atom. The van der Waals surface area contributed by atoms with E-state index in [1.165, 1.54) is 0 Å². The van der Waals surface area contributed by atoms with Crippen LogP contribution in [0.3, 0.4) is 0 Å². The van der Waals surface area contributed by atoms with E-state index in [4.69, 9.17) is 4.98 Å². The van der Waals surface area contributed by atoms with Crippen LogP contribution in [0.4, 0.5) is 11.6 Å². The van der Waals surface area contributed by atoms with Gasteiger partial charge in [0.15, 0.2) is 0 Å². The fourth-order valence-corrected chi connectivity index (χ4v) is 4.26. The van der Waals surface area contributed by atoms with Crippen molar-refractivity contribution in [2.45, 2.75) is 46.1 Å². The summed E-state index contributed by atoms with van der Waals surface area (Å²) in [6, 6.07) is 4.62. The molecule has 1 aliphatic heterocycles. The van der Waals surface area contributed by atoms with Gasteiger partial charge in [-0.3, -0.25) is 0 Å². The average Bonchev–Trinajstić information content (AvgIpc) is 3.10. The molecule has 1 saturated heterocycles. The highest BCUT2D eigenvalue weighted by atomic mass is 32.1. The Kier molecular flexibility index (Phi) is 4.72. The minimum Gasteiger partial charge on any atom is -0.367 e. The first kappa shape index (κ1) is 17.1. The van der Waals surface area contributed by atoms with Crippen LogP contribution in [0, 0.1) is 13.8 Å². The molecule has 136 valence electrons. The number of anilines is 2. The zero-order chi connectivity index (χ0) is 18.1. The summed E-state index contributed by atoms with van der Waals surface area (Å²) < 4.78 is 0. The van der Waals surface area contributed by atoms with Crippen LogP contribution in [0.15, 0.2) is 17.5 Å². The van der Waals surface area contributed by atoms with Gasteiger partial charge in [0.05, 0.1) is 5.39 Å². The van der Waals surface area contributed by atoms with Gasteiger partial charge in [0.2, 0.25) is 0 Å². The maximum absolute atomic E-state index is 4.74. The summed E-state index contributed by atoms with van der Waals surface area (Å²) in [7, 11) is 0. The first-order chi connectivity index (χ1) is 12.6. The Morgan fingerprint density at radius 3 is 2.69 bits per heavy atom. The van der Waals surface area contributed by atoms with Crippen molar-refractivity contribution in [1.82, 2.24) is 19.9 Å². The zero-order valence-electron chi connectivity index (χ0n) is 15.5. The highest BCUT2D eigenvalue weighted by molar-refractivity contribution is 7.16. The molecule has 0 radical (unpaired) electrons. The largest absolute Gasteiger partial charge is 0.367 e. The van der Waals surface area contributed by atoms with Crippen molar-refractivity contribution in [2.75, 3.05) is 23.3 Å². The van der Waals surface area contributed by atoms with Gasteiger partial charge in [0.1, 0.15) is 28.1 Å². The number of aromatic nitrogens is 4. The third-order valence-corrected chi connectivity index (χ3v) is 5.61. The number of nitrogens with one attached hydrogen (secondary N) is 1. The van der Waals surface area contributed by atoms with Crippen molar-refractivity contribution in [1.29, 1.82) is 0 Å². The topological polar surface area (TPSA) is 66.8 Å². The van der Waals surface area contributed by atoms with Gasteiger partial charge < -0.3 is 10.2 Å². The molecule has 3 aromatic rings. The summed E-state index contributed by atoms with van der Waals surface area (Å²) >= 11 is 1.68. The summed E-state index contributed by atoms with van der Waals surface area (Å²) in [5.74, 6) is 3.78. The van der Waals surface area contributed by atoms with Gasteiger partial charge in [0, 0.05) is 37.3 Å². The normalized spacial score (nSPS) is 15.6. The van der Waals surface area contributed by atoms with E-state index in [0.29, 0.717) is 6.04 Å². The molecule has 1 N–H and O–H groups in total. The number of hydrogen-bond donors (Lipinski definition) is 1. The molecule has 26 heavy (non-hydrogen) atoms. The molecule has 1 aliphatic rings. The third kappa shape index (κ3) is 3.49. The van der Waals surface area contributed by atoms with Gasteiger partial charge in [-0.1, -0.05) is 6.92 Å². The molecule has 0 atom stereocenters. The number of piperidine rings is 1. The number of thiophene rings is 1. The molecule has 3 aromatic heterocycles. The van der Waals surface area contributed by atoms with Crippen molar-refractivity contribution in [3.05, 3.63) is 34.9 Å². The minimum atomic E-state index is 0.429. The number of aryl methyl sites for hydroxylation is 3. The summed E-state index contributed by atoms with van der Waals surface area (Å²) in [5, 5.41) is 6.90. The first-order valence-electron chi connectivity index (χ1n) is 9.20. The minimum absolute atomic E-state index is 0.429. The lowest BCUT2D eigenvalue weighted by atomic mass is 10.0. The fourth-order valence-electron chi connectivity index (χ4n) is 3.47. The van der Waals surface area contributed by atoms with Crippen LogP contribution in [-0.4, -0.2) is 39.1 Å². The SMILES string of the molecule is CCc1nc(NC2CCN(c3cc(C)nc(C)n3)CC2)c2ccsc2n1. The van der Waals surface area contributed by atoms with Crippen LogP contribution in [0.2, 0.25) is 0 Å². The molecule has 0 bridgehead atoms. The molecular weight excluding hydrogens is 344 g/mol. The molecule has 0 spiro atoms. The van der Waals surface area contributed by atoms with E-state index >= 15 is 0 Å². The predicted molar refractivity (Wildman–Crippen MR) is 107 cm³/mol. The standard InChI is InChI=1S/C19H24N6S/c1-4-16-23-18(15-7-10-26-19(15)24-16)22-14-5-8-25(9-6-14)17-11-12(2)20-13(3)21-17/h7,10-11,14H,4-6,8-9H2,1-3H3,(H,22,23,24). The zero-order valence-corrected chi connectivity index (χ0v) is 16.3. The molecule has 1 fully saturated rings. The lowest BCUT2D eigenvalue weighted by Crippen LogP contribution is -2.39. The molecule has 6 nitrogen and oxygen atoms in total. The molecule has 0 amide bonds. The lowest BCUT2D eigenvalue weighted by Gasteiger charge is -2.33. The summed E-state index contributed by atoms with van der Waals surface area (Å²) in [6.45, 7) is 8.07. The van der Waals surface area contributed by atoms with Crippen LogP contribution in [-0.2, 0) is 6.42 Å². The van der Waals surface area contributed by atoms with Gasteiger partial charge in [-0.15, -0.1) is 11.3 Å². The highest BCUT2D eigenvalue weighted by Gasteiger charge is 2.22. The Hall–Kier alpha value is -2.28. The fraction of sp³-hybridized carbons (Fsp3) is 0.474. The van der Waals surface area contributed by atoms with Crippen LogP contribution in [0.25, 0.3) is 10.2 Å². The molecule has 0 aliphatic carbocycles. The Bertz CT molecular complexity index is 893. The van der Waals surface area contributed by atoms with E-state index in [1.807, 2.05) is 13.8 Å². The molecule has 7 heteroatoms. The number of rotatable bonds is 4. The van der Waals surface area contributed by atoms with E-state index in [0.717, 1.165) is 71.5 Å².